The monoisotopic (exact) mass is 270 g/mol. The second-order valence-corrected chi connectivity index (χ2v) is 4.43. The number of benzene rings is 2. The average Bonchev–Trinajstić information content (AvgIpc) is 2.46. The van der Waals surface area contributed by atoms with E-state index in [0.29, 0.717) is 23.5 Å². The van der Waals surface area contributed by atoms with Gasteiger partial charge in [-0.15, -0.1) is 0 Å². The summed E-state index contributed by atoms with van der Waals surface area (Å²) in [5.41, 5.74) is 2.75. The number of nitrogens with zero attached hydrogens (tertiary/aromatic N) is 1. The summed E-state index contributed by atoms with van der Waals surface area (Å²) in [6.07, 6.45) is 0. The zero-order chi connectivity index (χ0) is 14.5. The van der Waals surface area contributed by atoms with Crippen LogP contribution in [-0.2, 0) is 6.54 Å². The van der Waals surface area contributed by atoms with Gasteiger partial charge in [0.2, 0.25) is 0 Å². The molecule has 20 heavy (non-hydrogen) atoms. The molecule has 1 N–H and O–H groups in total. The van der Waals surface area contributed by atoms with E-state index >= 15 is 0 Å². The van der Waals surface area contributed by atoms with Crippen LogP contribution in [0.25, 0.3) is 0 Å². The number of methoxy groups -OCH3 is 1. The third kappa shape index (κ3) is 2.89. The van der Waals surface area contributed by atoms with Gasteiger partial charge in [-0.25, -0.2) is 4.39 Å². The molecule has 2 aromatic carbocycles. The fraction of sp³-hybridized carbons (Fsp3) is 0.188. The Labute approximate surface area is 117 Å². The van der Waals surface area contributed by atoms with E-state index in [1.165, 1.54) is 13.2 Å². The summed E-state index contributed by atoms with van der Waals surface area (Å²) >= 11 is 0. The van der Waals surface area contributed by atoms with Crippen molar-refractivity contribution in [2.24, 2.45) is 0 Å². The first-order valence-corrected chi connectivity index (χ1v) is 6.21. The molecule has 2 aromatic rings. The summed E-state index contributed by atoms with van der Waals surface area (Å²) in [6.45, 7) is 2.31. The molecular weight excluding hydrogens is 255 g/mol. The molecule has 0 atom stereocenters. The molecule has 0 fully saturated rings. The van der Waals surface area contributed by atoms with Gasteiger partial charge in [-0.2, -0.15) is 5.26 Å². The number of para-hydroxylation sites is 1. The largest absolute Gasteiger partial charge is 0.495 e. The first-order valence-electron chi connectivity index (χ1n) is 6.21. The van der Waals surface area contributed by atoms with Gasteiger partial charge in [-0.3, -0.25) is 0 Å². The second-order valence-electron chi connectivity index (χ2n) is 4.43. The summed E-state index contributed by atoms with van der Waals surface area (Å²) in [4.78, 5) is 0. The van der Waals surface area contributed by atoms with Gasteiger partial charge in [0.15, 0.2) is 0 Å². The van der Waals surface area contributed by atoms with Crippen molar-refractivity contribution in [3.05, 3.63) is 58.9 Å². The minimum absolute atomic E-state index is 0.273. The molecule has 2 rings (SSSR count). The van der Waals surface area contributed by atoms with Crippen molar-refractivity contribution in [1.82, 2.24) is 0 Å². The lowest BCUT2D eigenvalue weighted by Gasteiger charge is -2.11. The smallest absolute Gasteiger partial charge is 0.146 e. The molecule has 0 aliphatic carbocycles. The van der Waals surface area contributed by atoms with Crippen LogP contribution in [0.4, 0.5) is 10.1 Å². The summed E-state index contributed by atoms with van der Waals surface area (Å²) in [6, 6.07) is 12.3. The van der Waals surface area contributed by atoms with Crippen molar-refractivity contribution >= 4 is 5.69 Å². The first-order chi connectivity index (χ1) is 9.65. The summed E-state index contributed by atoms with van der Waals surface area (Å²) in [7, 11) is 1.52. The number of ether oxygens (including phenoxy) is 1. The highest BCUT2D eigenvalue weighted by Crippen LogP contribution is 2.22. The predicted molar refractivity (Wildman–Crippen MR) is 76.2 cm³/mol. The summed E-state index contributed by atoms with van der Waals surface area (Å²) in [5.74, 6) is 0.252. The quantitative estimate of drug-likeness (QED) is 0.922. The maximum atomic E-state index is 13.7. The standard InChI is InChI=1S/C16H15FN2O/c1-11-4-3-5-14(17)16(11)19-10-12-6-7-13(9-18)15(8-12)20-2/h3-8,19H,10H2,1-2H3. The topological polar surface area (TPSA) is 45.0 Å². The Bertz CT molecular complexity index is 642. The molecule has 0 unspecified atom stereocenters. The van der Waals surface area contributed by atoms with Gasteiger partial charge in [0.05, 0.1) is 18.4 Å². The Morgan fingerprint density at radius 1 is 1.30 bits per heavy atom. The maximum Gasteiger partial charge on any atom is 0.146 e. The number of hydrogen-bond donors (Lipinski definition) is 1. The Morgan fingerprint density at radius 3 is 2.75 bits per heavy atom. The molecule has 0 spiro atoms. The molecule has 4 heteroatoms. The molecule has 0 heterocycles. The normalized spacial score (nSPS) is 9.90. The molecule has 0 bridgehead atoms. The van der Waals surface area contributed by atoms with Crippen molar-refractivity contribution in [2.75, 3.05) is 12.4 Å². The fourth-order valence-electron chi connectivity index (χ4n) is 1.98. The van der Waals surface area contributed by atoms with Crippen LogP contribution < -0.4 is 10.1 Å². The van der Waals surface area contributed by atoms with Crippen LogP contribution in [0, 0.1) is 24.1 Å². The van der Waals surface area contributed by atoms with E-state index in [2.05, 4.69) is 11.4 Å². The zero-order valence-electron chi connectivity index (χ0n) is 11.4. The molecule has 0 aromatic heterocycles. The SMILES string of the molecule is COc1cc(CNc2c(C)cccc2F)ccc1C#N. The minimum atomic E-state index is -0.273. The Kier molecular flexibility index (Phi) is 4.21. The van der Waals surface area contributed by atoms with Crippen molar-refractivity contribution < 1.29 is 9.13 Å². The van der Waals surface area contributed by atoms with Gasteiger partial charge >= 0.3 is 0 Å². The highest BCUT2D eigenvalue weighted by atomic mass is 19.1. The number of anilines is 1. The minimum Gasteiger partial charge on any atom is -0.495 e. The highest BCUT2D eigenvalue weighted by Gasteiger charge is 2.07. The molecule has 3 nitrogen and oxygen atoms in total. The number of aryl methyl sites for hydroxylation is 1. The van der Waals surface area contributed by atoms with Crippen LogP contribution in [0.2, 0.25) is 0 Å². The van der Waals surface area contributed by atoms with Crippen LogP contribution >= 0.6 is 0 Å². The number of rotatable bonds is 4. The predicted octanol–water partition coefficient (Wildman–Crippen LogP) is 3.63. The average molecular weight is 270 g/mol. The highest BCUT2D eigenvalue weighted by molar-refractivity contribution is 5.53. The van der Waals surface area contributed by atoms with Crippen molar-refractivity contribution in [3.63, 3.8) is 0 Å². The third-order valence-corrected chi connectivity index (χ3v) is 3.08. The second kappa shape index (κ2) is 6.07. The van der Waals surface area contributed by atoms with Crippen LogP contribution in [-0.4, -0.2) is 7.11 Å². The summed E-state index contributed by atoms with van der Waals surface area (Å²) in [5, 5.41) is 12.0. The number of halogens is 1. The van der Waals surface area contributed by atoms with E-state index < -0.39 is 0 Å². The van der Waals surface area contributed by atoms with E-state index in [9.17, 15) is 4.39 Å². The van der Waals surface area contributed by atoms with Gasteiger partial charge in [-0.1, -0.05) is 18.2 Å². The van der Waals surface area contributed by atoms with E-state index in [0.717, 1.165) is 11.1 Å². The lowest BCUT2D eigenvalue weighted by Crippen LogP contribution is -2.03. The molecule has 0 aliphatic rings. The van der Waals surface area contributed by atoms with Gasteiger partial charge in [0.1, 0.15) is 17.6 Å². The van der Waals surface area contributed by atoms with Gasteiger partial charge in [0, 0.05) is 6.54 Å². The van der Waals surface area contributed by atoms with Crippen LogP contribution in [0.3, 0.4) is 0 Å². The Balaban J connectivity index is 2.18. The van der Waals surface area contributed by atoms with E-state index in [4.69, 9.17) is 10.00 Å². The van der Waals surface area contributed by atoms with Gasteiger partial charge < -0.3 is 10.1 Å². The molecule has 0 saturated heterocycles. The first kappa shape index (κ1) is 13.9. The molecule has 0 radical (unpaired) electrons. The maximum absolute atomic E-state index is 13.7. The van der Waals surface area contributed by atoms with E-state index in [1.807, 2.05) is 19.1 Å². The van der Waals surface area contributed by atoms with Crippen molar-refractivity contribution in [2.45, 2.75) is 13.5 Å². The van der Waals surface area contributed by atoms with Crippen molar-refractivity contribution in [1.29, 1.82) is 5.26 Å². The lowest BCUT2D eigenvalue weighted by molar-refractivity contribution is 0.413. The van der Waals surface area contributed by atoms with Gasteiger partial charge in [0.25, 0.3) is 0 Å². The molecular formula is C16H15FN2O. The zero-order valence-corrected chi connectivity index (χ0v) is 11.4. The lowest BCUT2D eigenvalue weighted by atomic mass is 10.1. The number of nitriles is 1. The number of nitrogens with one attached hydrogen (secondary N) is 1. The fourth-order valence-corrected chi connectivity index (χ4v) is 1.98. The van der Waals surface area contributed by atoms with E-state index in [1.54, 1.807) is 18.2 Å². The number of hydrogen-bond acceptors (Lipinski definition) is 3. The van der Waals surface area contributed by atoms with Crippen molar-refractivity contribution in [3.8, 4) is 11.8 Å². The Hall–Kier alpha value is -2.54. The van der Waals surface area contributed by atoms with E-state index in [-0.39, 0.29) is 5.82 Å². The van der Waals surface area contributed by atoms with Crippen LogP contribution in [0.15, 0.2) is 36.4 Å². The molecule has 102 valence electrons. The molecule has 0 saturated carbocycles. The summed E-state index contributed by atoms with van der Waals surface area (Å²) < 4.78 is 18.8. The van der Waals surface area contributed by atoms with Gasteiger partial charge in [-0.05, 0) is 36.2 Å². The molecule has 0 aliphatic heterocycles. The Morgan fingerprint density at radius 2 is 2.10 bits per heavy atom. The molecule has 0 amide bonds. The van der Waals surface area contributed by atoms with Crippen LogP contribution in [0.5, 0.6) is 5.75 Å². The van der Waals surface area contributed by atoms with Crippen LogP contribution in [0.1, 0.15) is 16.7 Å². The third-order valence-electron chi connectivity index (χ3n) is 3.08.